The van der Waals surface area contributed by atoms with Crippen molar-refractivity contribution in [1.29, 1.82) is 0 Å². The van der Waals surface area contributed by atoms with E-state index in [-0.39, 0.29) is 0 Å². The van der Waals surface area contributed by atoms with Crippen LogP contribution in [0, 0.1) is 0 Å². The summed E-state index contributed by atoms with van der Waals surface area (Å²) in [4.78, 5) is 11.4. The molecule has 0 bridgehead atoms. The van der Waals surface area contributed by atoms with Gasteiger partial charge >= 0.3 is 0 Å². The number of aromatic nitrogens is 3. The molecular weight excluding hydrogens is 212 g/mol. The van der Waals surface area contributed by atoms with E-state index in [0.717, 1.165) is 23.4 Å². The number of pyridine rings is 1. The predicted octanol–water partition coefficient (Wildman–Crippen LogP) is 2.57. The molecule has 0 aliphatic carbocycles. The maximum absolute atomic E-state index is 4.25. The van der Waals surface area contributed by atoms with E-state index >= 15 is 0 Å². The van der Waals surface area contributed by atoms with Crippen molar-refractivity contribution in [3.05, 3.63) is 54.5 Å². The van der Waals surface area contributed by atoms with E-state index in [2.05, 4.69) is 32.4 Å². The van der Waals surface area contributed by atoms with Gasteiger partial charge in [0.05, 0.1) is 23.7 Å². The molecule has 0 spiro atoms. The average molecular weight is 224 g/mol. The van der Waals surface area contributed by atoms with Gasteiger partial charge in [-0.3, -0.25) is 0 Å². The molecule has 2 heterocycles. The molecule has 0 radical (unpaired) electrons. The first-order chi connectivity index (χ1) is 8.42. The molecule has 84 valence electrons. The number of benzene rings is 1. The van der Waals surface area contributed by atoms with E-state index in [1.54, 1.807) is 12.5 Å². The maximum Gasteiger partial charge on any atom is 0.177 e. The largest absolute Gasteiger partial charge is 0.380 e. The fraction of sp³-hybridized carbons (Fsp3) is 0.0769. The Bertz CT molecular complexity index is 615. The van der Waals surface area contributed by atoms with Crippen molar-refractivity contribution >= 4 is 16.9 Å². The first kappa shape index (κ1) is 9.84. The first-order valence-corrected chi connectivity index (χ1v) is 5.49. The van der Waals surface area contributed by atoms with Gasteiger partial charge in [0.2, 0.25) is 0 Å². The first-order valence-electron chi connectivity index (χ1n) is 5.49. The van der Waals surface area contributed by atoms with Crippen LogP contribution in [0.15, 0.2) is 48.9 Å². The lowest BCUT2D eigenvalue weighted by molar-refractivity contribution is 1.14. The van der Waals surface area contributed by atoms with Crippen LogP contribution >= 0.6 is 0 Å². The summed E-state index contributed by atoms with van der Waals surface area (Å²) in [5, 5.41) is 3.33. The summed E-state index contributed by atoms with van der Waals surface area (Å²) >= 11 is 0. The van der Waals surface area contributed by atoms with E-state index in [1.165, 1.54) is 5.56 Å². The monoisotopic (exact) mass is 224 g/mol. The van der Waals surface area contributed by atoms with Crippen molar-refractivity contribution < 1.29 is 0 Å². The maximum atomic E-state index is 4.25. The molecule has 0 atom stereocenters. The highest BCUT2D eigenvalue weighted by atomic mass is 15.0. The van der Waals surface area contributed by atoms with Crippen molar-refractivity contribution in [1.82, 2.24) is 15.0 Å². The second-order valence-corrected chi connectivity index (χ2v) is 3.84. The third-order valence-corrected chi connectivity index (χ3v) is 2.61. The zero-order chi connectivity index (χ0) is 11.5. The zero-order valence-electron chi connectivity index (χ0n) is 9.22. The number of H-pyrrole nitrogens is 1. The molecule has 1 aromatic carbocycles. The van der Waals surface area contributed by atoms with Gasteiger partial charge in [-0.05, 0) is 11.6 Å². The summed E-state index contributed by atoms with van der Waals surface area (Å²) in [5.74, 6) is 0. The summed E-state index contributed by atoms with van der Waals surface area (Å²) in [6, 6.07) is 12.3. The summed E-state index contributed by atoms with van der Waals surface area (Å²) in [6.45, 7) is 0.794. The second-order valence-electron chi connectivity index (χ2n) is 3.84. The van der Waals surface area contributed by atoms with Crippen molar-refractivity contribution in [2.75, 3.05) is 5.32 Å². The minimum Gasteiger partial charge on any atom is -0.380 e. The highest BCUT2D eigenvalue weighted by Gasteiger charge is 1.99. The van der Waals surface area contributed by atoms with E-state index in [4.69, 9.17) is 0 Å². The number of nitrogens with one attached hydrogen (secondary N) is 2. The van der Waals surface area contributed by atoms with E-state index in [0.29, 0.717) is 0 Å². The third kappa shape index (κ3) is 2.10. The second kappa shape index (κ2) is 4.25. The van der Waals surface area contributed by atoms with Crippen molar-refractivity contribution in [3.63, 3.8) is 0 Å². The Labute approximate surface area is 98.7 Å². The minimum absolute atomic E-state index is 0.746. The van der Waals surface area contributed by atoms with Crippen molar-refractivity contribution in [2.45, 2.75) is 6.54 Å². The van der Waals surface area contributed by atoms with Crippen LogP contribution in [-0.2, 0) is 6.54 Å². The van der Waals surface area contributed by atoms with Gasteiger partial charge in [-0.15, -0.1) is 0 Å². The van der Waals surface area contributed by atoms with Gasteiger partial charge in [-0.1, -0.05) is 30.3 Å². The molecule has 0 amide bonds. The van der Waals surface area contributed by atoms with Gasteiger partial charge in [0.25, 0.3) is 0 Å². The third-order valence-electron chi connectivity index (χ3n) is 2.61. The molecule has 0 fully saturated rings. The Morgan fingerprint density at radius 3 is 2.88 bits per heavy atom. The van der Waals surface area contributed by atoms with Crippen molar-refractivity contribution in [2.24, 2.45) is 0 Å². The van der Waals surface area contributed by atoms with E-state index < -0.39 is 0 Å². The lowest BCUT2D eigenvalue weighted by atomic mass is 10.2. The molecule has 4 heteroatoms. The van der Waals surface area contributed by atoms with Crippen LogP contribution < -0.4 is 5.32 Å². The van der Waals surface area contributed by atoms with Gasteiger partial charge in [0.1, 0.15) is 0 Å². The van der Waals surface area contributed by atoms with Gasteiger partial charge in [-0.2, -0.15) is 0 Å². The molecule has 0 aliphatic rings. The number of fused-ring (bicyclic) bond motifs is 1. The van der Waals surface area contributed by atoms with Gasteiger partial charge in [-0.25, -0.2) is 9.97 Å². The molecule has 0 saturated heterocycles. The highest BCUT2D eigenvalue weighted by Crippen LogP contribution is 2.13. The van der Waals surface area contributed by atoms with Gasteiger partial charge in [0.15, 0.2) is 5.65 Å². The van der Waals surface area contributed by atoms with Crippen molar-refractivity contribution in [3.8, 4) is 0 Å². The molecular formula is C13H12N4. The average Bonchev–Trinajstić information content (AvgIpc) is 2.85. The van der Waals surface area contributed by atoms with E-state index in [1.807, 2.05) is 24.3 Å². The van der Waals surface area contributed by atoms with Crippen LogP contribution in [0.25, 0.3) is 11.2 Å². The smallest absolute Gasteiger partial charge is 0.177 e. The van der Waals surface area contributed by atoms with Crippen LogP contribution in [0.1, 0.15) is 5.56 Å². The summed E-state index contributed by atoms with van der Waals surface area (Å²) < 4.78 is 0. The Balaban J connectivity index is 1.76. The summed E-state index contributed by atoms with van der Waals surface area (Å²) in [7, 11) is 0. The normalized spacial score (nSPS) is 10.6. The lowest BCUT2D eigenvalue weighted by Crippen LogP contribution is -1.99. The predicted molar refractivity (Wildman–Crippen MR) is 67.7 cm³/mol. The number of hydrogen-bond donors (Lipinski definition) is 2. The topological polar surface area (TPSA) is 53.6 Å². The Kier molecular flexibility index (Phi) is 2.46. The quantitative estimate of drug-likeness (QED) is 0.719. The zero-order valence-corrected chi connectivity index (χ0v) is 9.22. The van der Waals surface area contributed by atoms with Crippen LogP contribution in [0.3, 0.4) is 0 Å². The van der Waals surface area contributed by atoms with Gasteiger partial charge in [0, 0.05) is 6.54 Å². The van der Waals surface area contributed by atoms with E-state index in [9.17, 15) is 0 Å². The number of hydrogen-bond acceptors (Lipinski definition) is 3. The Hall–Kier alpha value is -2.36. The van der Waals surface area contributed by atoms with Crippen LogP contribution in [0.4, 0.5) is 5.69 Å². The summed E-state index contributed by atoms with van der Waals surface area (Å²) in [5.41, 5.74) is 3.93. The Morgan fingerprint density at radius 2 is 2.00 bits per heavy atom. The van der Waals surface area contributed by atoms with Crippen LogP contribution in [-0.4, -0.2) is 15.0 Å². The fourth-order valence-corrected chi connectivity index (χ4v) is 1.73. The summed E-state index contributed by atoms with van der Waals surface area (Å²) in [6.07, 6.45) is 3.45. The lowest BCUT2D eigenvalue weighted by Gasteiger charge is -2.05. The molecule has 2 N–H and O–H groups in total. The number of aromatic amines is 1. The number of rotatable bonds is 3. The molecule has 17 heavy (non-hydrogen) atoms. The molecule has 2 aromatic heterocycles. The minimum atomic E-state index is 0.746. The number of anilines is 1. The van der Waals surface area contributed by atoms with Crippen LogP contribution in [0.5, 0.6) is 0 Å². The molecule has 3 aromatic rings. The number of nitrogens with zero attached hydrogens (tertiary/aromatic N) is 2. The molecule has 4 nitrogen and oxygen atoms in total. The fourth-order valence-electron chi connectivity index (χ4n) is 1.73. The number of imidazole rings is 1. The standard InChI is InChI=1S/C13H12N4/c1-2-4-10(5-3-1)7-14-11-6-12-13(15-8-11)17-9-16-12/h1-6,8-9,14H,7H2,(H,15,16,17). The molecule has 0 unspecified atom stereocenters. The molecule has 0 saturated carbocycles. The SMILES string of the molecule is c1ccc(CNc2cnc3nc[nH]c3c2)cc1. The molecule has 0 aliphatic heterocycles. The van der Waals surface area contributed by atoms with Gasteiger partial charge < -0.3 is 10.3 Å². The highest BCUT2D eigenvalue weighted by molar-refractivity contribution is 5.73. The molecule has 3 rings (SSSR count). The Morgan fingerprint density at radius 1 is 1.12 bits per heavy atom. The van der Waals surface area contributed by atoms with Crippen LogP contribution in [0.2, 0.25) is 0 Å².